The molecule has 90 valence electrons. The summed E-state index contributed by atoms with van der Waals surface area (Å²) in [5.74, 6) is 1.03. The fourth-order valence-electron chi connectivity index (χ4n) is 2.33. The van der Waals surface area contributed by atoms with E-state index in [-0.39, 0.29) is 5.54 Å². The van der Waals surface area contributed by atoms with Gasteiger partial charge in [0.2, 0.25) is 0 Å². The zero-order valence-corrected chi connectivity index (χ0v) is 11.5. The maximum absolute atomic E-state index is 6.15. The molecular weight excluding hydrogens is 278 g/mol. The number of aryl methyl sites for hydroxylation is 2. The first-order chi connectivity index (χ1) is 8.09. The van der Waals surface area contributed by atoms with Crippen molar-refractivity contribution in [1.29, 1.82) is 0 Å². The van der Waals surface area contributed by atoms with Crippen molar-refractivity contribution in [2.45, 2.75) is 38.1 Å². The van der Waals surface area contributed by atoms with Crippen LogP contribution in [-0.2, 0) is 6.42 Å². The molecule has 1 saturated carbocycles. The molecule has 0 saturated heterocycles. The lowest BCUT2D eigenvalue weighted by Crippen LogP contribution is -2.22. The first-order valence-electron chi connectivity index (χ1n) is 6.00. The maximum atomic E-state index is 6.15. The summed E-state index contributed by atoms with van der Waals surface area (Å²) in [5, 5.41) is 0. The number of rotatable bonds is 3. The smallest absolute Gasteiger partial charge is 0.132 e. The van der Waals surface area contributed by atoms with Crippen molar-refractivity contribution in [3.05, 3.63) is 34.3 Å². The van der Waals surface area contributed by atoms with Crippen LogP contribution in [0.25, 0.3) is 5.52 Å². The van der Waals surface area contributed by atoms with Crippen molar-refractivity contribution < 1.29 is 0 Å². The minimum atomic E-state index is 0.119. The molecular formula is C13H16BrN3. The number of aromatic nitrogens is 2. The average molecular weight is 294 g/mol. The van der Waals surface area contributed by atoms with E-state index < -0.39 is 0 Å². The number of pyridine rings is 1. The molecule has 2 aromatic rings. The van der Waals surface area contributed by atoms with Crippen LogP contribution in [-0.4, -0.2) is 14.9 Å². The molecule has 0 amide bonds. The molecule has 2 heterocycles. The molecule has 4 heteroatoms. The second kappa shape index (κ2) is 3.82. The van der Waals surface area contributed by atoms with E-state index in [0.717, 1.165) is 28.8 Å². The minimum Gasteiger partial charge on any atom is -0.325 e. The Kier molecular flexibility index (Phi) is 2.52. The normalized spacial score (nSPS) is 17.6. The number of hydrogen-bond acceptors (Lipinski definition) is 2. The highest BCUT2D eigenvalue weighted by atomic mass is 79.9. The largest absolute Gasteiger partial charge is 0.325 e. The third kappa shape index (κ3) is 2.00. The zero-order chi connectivity index (χ0) is 12.0. The Hall–Kier alpha value is -0.870. The van der Waals surface area contributed by atoms with E-state index in [9.17, 15) is 0 Å². The lowest BCUT2D eigenvalue weighted by Gasteiger charge is -2.10. The SMILES string of the molecule is Cc1nc(Br)c2cccc(CCC3(N)CC3)n12. The number of nitrogens with zero attached hydrogens (tertiary/aromatic N) is 2. The Balaban J connectivity index is 1.97. The highest BCUT2D eigenvalue weighted by Crippen LogP contribution is 2.36. The Labute approximate surface area is 109 Å². The van der Waals surface area contributed by atoms with Gasteiger partial charge in [-0.2, -0.15) is 0 Å². The van der Waals surface area contributed by atoms with Crippen molar-refractivity contribution in [3.8, 4) is 0 Å². The minimum absolute atomic E-state index is 0.119. The van der Waals surface area contributed by atoms with Gasteiger partial charge in [0.1, 0.15) is 10.4 Å². The number of hydrogen-bond donors (Lipinski definition) is 1. The van der Waals surface area contributed by atoms with Gasteiger partial charge in [-0.25, -0.2) is 4.98 Å². The van der Waals surface area contributed by atoms with Crippen molar-refractivity contribution in [3.63, 3.8) is 0 Å². The summed E-state index contributed by atoms with van der Waals surface area (Å²) in [6.07, 6.45) is 4.45. The molecule has 3 nitrogen and oxygen atoms in total. The fourth-order valence-corrected chi connectivity index (χ4v) is 2.90. The molecule has 0 spiro atoms. The second-order valence-electron chi connectivity index (χ2n) is 5.05. The highest BCUT2D eigenvalue weighted by Gasteiger charge is 2.37. The van der Waals surface area contributed by atoms with Gasteiger partial charge >= 0.3 is 0 Å². The van der Waals surface area contributed by atoms with Crippen LogP contribution in [0, 0.1) is 6.92 Å². The van der Waals surface area contributed by atoms with Crippen LogP contribution < -0.4 is 5.73 Å². The van der Waals surface area contributed by atoms with Gasteiger partial charge in [0.15, 0.2) is 0 Å². The molecule has 0 bridgehead atoms. The predicted molar refractivity (Wildman–Crippen MR) is 72.1 cm³/mol. The van der Waals surface area contributed by atoms with E-state index in [2.05, 4.69) is 43.5 Å². The molecule has 1 aliphatic carbocycles. The molecule has 2 N–H and O–H groups in total. The molecule has 0 unspecified atom stereocenters. The molecule has 1 aliphatic rings. The van der Waals surface area contributed by atoms with E-state index in [0.29, 0.717) is 0 Å². The van der Waals surface area contributed by atoms with Gasteiger partial charge in [0.05, 0.1) is 5.52 Å². The van der Waals surface area contributed by atoms with E-state index in [4.69, 9.17) is 5.73 Å². The number of halogens is 1. The Morgan fingerprint density at radius 3 is 2.94 bits per heavy atom. The summed E-state index contributed by atoms with van der Waals surface area (Å²) in [6.45, 7) is 2.04. The molecule has 3 rings (SSSR count). The van der Waals surface area contributed by atoms with Crippen molar-refractivity contribution >= 4 is 21.4 Å². The lowest BCUT2D eigenvalue weighted by atomic mass is 10.1. The van der Waals surface area contributed by atoms with E-state index in [1.54, 1.807) is 0 Å². The standard InChI is InChI=1S/C13H16BrN3/c1-9-16-12(14)11-4-2-3-10(17(9)11)5-6-13(15)7-8-13/h2-4H,5-8,15H2,1H3. The molecule has 0 radical (unpaired) electrons. The average Bonchev–Trinajstić information content (AvgIpc) is 2.97. The molecule has 1 fully saturated rings. The van der Waals surface area contributed by atoms with Gasteiger partial charge in [0.25, 0.3) is 0 Å². The van der Waals surface area contributed by atoms with E-state index in [1.807, 2.05) is 6.92 Å². The van der Waals surface area contributed by atoms with E-state index in [1.165, 1.54) is 18.5 Å². The quantitative estimate of drug-likeness (QED) is 0.946. The maximum Gasteiger partial charge on any atom is 0.132 e. The van der Waals surface area contributed by atoms with Gasteiger partial charge in [-0.15, -0.1) is 0 Å². The Morgan fingerprint density at radius 1 is 1.47 bits per heavy atom. The summed E-state index contributed by atoms with van der Waals surface area (Å²) >= 11 is 3.50. The zero-order valence-electron chi connectivity index (χ0n) is 9.91. The molecule has 17 heavy (non-hydrogen) atoms. The van der Waals surface area contributed by atoms with Crippen LogP contribution in [0.1, 0.15) is 30.8 Å². The second-order valence-corrected chi connectivity index (χ2v) is 5.80. The van der Waals surface area contributed by atoms with Crippen molar-refractivity contribution in [2.24, 2.45) is 5.73 Å². The third-order valence-electron chi connectivity index (χ3n) is 3.64. The van der Waals surface area contributed by atoms with Crippen molar-refractivity contribution in [2.75, 3.05) is 0 Å². The van der Waals surface area contributed by atoms with Gasteiger partial charge in [-0.1, -0.05) is 6.07 Å². The van der Waals surface area contributed by atoms with Gasteiger partial charge < -0.3 is 5.73 Å². The molecule has 0 aromatic carbocycles. The van der Waals surface area contributed by atoms with Gasteiger partial charge in [-0.3, -0.25) is 4.40 Å². The Bertz CT molecular complexity index is 569. The van der Waals surface area contributed by atoms with Crippen LogP contribution in [0.3, 0.4) is 0 Å². The number of nitrogens with two attached hydrogens (primary N) is 1. The highest BCUT2D eigenvalue weighted by molar-refractivity contribution is 9.10. The monoisotopic (exact) mass is 293 g/mol. The summed E-state index contributed by atoms with van der Waals surface area (Å²) in [4.78, 5) is 4.46. The number of fused-ring (bicyclic) bond motifs is 1. The summed E-state index contributed by atoms with van der Waals surface area (Å²) in [7, 11) is 0. The first kappa shape index (κ1) is 11.2. The first-order valence-corrected chi connectivity index (χ1v) is 6.80. The topological polar surface area (TPSA) is 43.3 Å². The Morgan fingerprint density at radius 2 is 2.24 bits per heavy atom. The summed E-state index contributed by atoms with van der Waals surface area (Å²) < 4.78 is 3.14. The van der Waals surface area contributed by atoms with Crippen LogP contribution >= 0.6 is 15.9 Å². The third-order valence-corrected chi connectivity index (χ3v) is 4.22. The summed E-state index contributed by atoms with van der Waals surface area (Å²) in [6, 6.07) is 6.34. The molecule has 2 aromatic heterocycles. The van der Waals surface area contributed by atoms with Crippen LogP contribution in [0.4, 0.5) is 0 Å². The van der Waals surface area contributed by atoms with E-state index >= 15 is 0 Å². The predicted octanol–water partition coefficient (Wildman–Crippen LogP) is 2.83. The lowest BCUT2D eigenvalue weighted by molar-refractivity contribution is 0.600. The number of imidazole rings is 1. The van der Waals surface area contributed by atoms with Crippen LogP contribution in [0.15, 0.2) is 22.8 Å². The van der Waals surface area contributed by atoms with Gasteiger partial charge in [-0.05, 0) is 60.7 Å². The van der Waals surface area contributed by atoms with Crippen LogP contribution in [0.2, 0.25) is 0 Å². The molecule has 0 atom stereocenters. The molecule has 0 aliphatic heterocycles. The van der Waals surface area contributed by atoms with Gasteiger partial charge in [0, 0.05) is 11.2 Å². The van der Waals surface area contributed by atoms with Crippen LogP contribution in [0.5, 0.6) is 0 Å². The summed E-state index contributed by atoms with van der Waals surface area (Å²) in [5.41, 5.74) is 8.71. The fraction of sp³-hybridized carbons (Fsp3) is 0.462. The van der Waals surface area contributed by atoms with Crippen molar-refractivity contribution in [1.82, 2.24) is 9.38 Å².